The monoisotopic (exact) mass is 251 g/mol. The summed E-state index contributed by atoms with van der Waals surface area (Å²) in [5.74, 6) is -0.914. The van der Waals surface area contributed by atoms with Gasteiger partial charge < -0.3 is 9.67 Å². The molecule has 2 heterocycles. The van der Waals surface area contributed by atoms with Gasteiger partial charge in [-0.25, -0.2) is 4.98 Å². The van der Waals surface area contributed by atoms with Crippen LogP contribution in [0.2, 0.25) is 0 Å². The fourth-order valence-corrected chi connectivity index (χ4v) is 2.68. The van der Waals surface area contributed by atoms with Gasteiger partial charge >= 0.3 is 5.97 Å². The first-order chi connectivity index (χ1) is 8.50. The number of imidazole rings is 1. The van der Waals surface area contributed by atoms with Gasteiger partial charge in [-0.2, -0.15) is 0 Å². The fourth-order valence-electron chi connectivity index (χ4n) is 2.68. The third kappa shape index (κ3) is 2.41. The van der Waals surface area contributed by atoms with E-state index in [1.807, 2.05) is 19.4 Å². The van der Waals surface area contributed by atoms with Gasteiger partial charge in [-0.15, -0.1) is 0 Å². The summed E-state index contributed by atoms with van der Waals surface area (Å²) in [6.45, 7) is 7.88. The Morgan fingerprint density at radius 3 is 2.89 bits per heavy atom. The molecule has 2 atom stereocenters. The van der Waals surface area contributed by atoms with Gasteiger partial charge in [0.1, 0.15) is 0 Å². The van der Waals surface area contributed by atoms with Gasteiger partial charge in [0.2, 0.25) is 0 Å². The number of carbonyl (C=O) groups is 1. The first kappa shape index (κ1) is 13.1. The van der Waals surface area contributed by atoms with E-state index >= 15 is 0 Å². The van der Waals surface area contributed by atoms with Crippen molar-refractivity contribution in [3.8, 4) is 0 Å². The maximum Gasteiger partial charge on any atom is 0.308 e. The van der Waals surface area contributed by atoms with Gasteiger partial charge in [-0.1, -0.05) is 0 Å². The number of carboxylic acids is 1. The smallest absolute Gasteiger partial charge is 0.308 e. The molecule has 1 saturated heterocycles. The van der Waals surface area contributed by atoms with Gasteiger partial charge in [0.15, 0.2) is 0 Å². The van der Waals surface area contributed by atoms with Crippen LogP contribution in [0, 0.1) is 5.92 Å². The maximum atomic E-state index is 11.1. The quantitative estimate of drug-likeness (QED) is 0.886. The second-order valence-corrected chi connectivity index (χ2v) is 5.33. The first-order valence-corrected chi connectivity index (χ1v) is 6.48. The molecule has 0 saturated carbocycles. The van der Waals surface area contributed by atoms with Crippen LogP contribution in [0.4, 0.5) is 0 Å². The summed E-state index contributed by atoms with van der Waals surface area (Å²) in [7, 11) is 0. The van der Waals surface area contributed by atoms with E-state index in [0.717, 1.165) is 25.2 Å². The lowest BCUT2D eigenvalue weighted by atomic mass is 10.0. The lowest BCUT2D eigenvalue weighted by Gasteiger charge is -2.24. The van der Waals surface area contributed by atoms with Crippen molar-refractivity contribution in [1.82, 2.24) is 14.5 Å². The zero-order valence-corrected chi connectivity index (χ0v) is 11.2. The molecule has 1 aliphatic heterocycles. The fraction of sp³-hybridized carbons (Fsp3) is 0.692. The maximum absolute atomic E-state index is 11.1. The average molecular weight is 251 g/mol. The van der Waals surface area contributed by atoms with Gasteiger partial charge in [-0.3, -0.25) is 9.69 Å². The van der Waals surface area contributed by atoms with Crippen LogP contribution in [0.15, 0.2) is 12.5 Å². The zero-order chi connectivity index (χ0) is 13.3. The third-order valence-electron chi connectivity index (χ3n) is 3.87. The van der Waals surface area contributed by atoms with Crippen LogP contribution in [0.25, 0.3) is 0 Å². The minimum Gasteiger partial charge on any atom is -0.481 e. The summed E-state index contributed by atoms with van der Waals surface area (Å²) in [5, 5.41) is 9.13. The number of aromatic nitrogens is 2. The summed E-state index contributed by atoms with van der Waals surface area (Å²) in [5.41, 5.74) is 1.16. The molecule has 1 aliphatic rings. The lowest BCUT2D eigenvalue weighted by Crippen LogP contribution is -2.33. The molecule has 1 aromatic heterocycles. The standard InChI is InChI=1S/C13H21N3O2/c1-9(2)16-8-14-6-11(16)7-15-5-4-12(10(15)3)13(17)18/h6,8-10,12H,4-5,7H2,1-3H3,(H,17,18). The molecule has 5 heteroatoms. The van der Waals surface area contributed by atoms with Crippen molar-refractivity contribution >= 4 is 5.97 Å². The highest BCUT2D eigenvalue weighted by Gasteiger charge is 2.35. The van der Waals surface area contributed by atoms with E-state index in [1.54, 1.807) is 0 Å². The summed E-state index contributed by atoms with van der Waals surface area (Å²) < 4.78 is 2.14. The highest BCUT2D eigenvalue weighted by molar-refractivity contribution is 5.71. The summed E-state index contributed by atoms with van der Waals surface area (Å²) in [6.07, 6.45) is 4.46. The van der Waals surface area contributed by atoms with E-state index < -0.39 is 5.97 Å². The Hall–Kier alpha value is -1.36. The molecule has 1 aromatic rings. The van der Waals surface area contributed by atoms with Crippen molar-refractivity contribution in [2.75, 3.05) is 6.54 Å². The van der Waals surface area contributed by atoms with E-state index in [2.05, 4.69) is 28.3 Å². The number of hydrogen-bond acceptors (Lipinski definition) is 3. The second-order valence-electron chi connectivity index (χ2n) is 5.33. The van der Waals surface area contributed by atoms with Crippen LogP contribution < -0.4 is 0 Å². The Morgan fingerprint density at radius 2 is 2.33 bits per heavy atom. The molecule has 0 amide bonds. The Morgan fingerprint density at radius 1 is 1.61 bits per heavy atom. The van der Waals surface area contributed by atoms with Crippen LogP contribution in [-0.4, -0.2) is 38.1 Å². The topological polar surface area (TPSA) is 58.4 Å². The molecule has 18 heavy (non-hydrogen) atoms. The molecule has 5 nitrogen and oxygen atoms in total. The minimum atomic E-state index is -0.678. The molecule has 1 N–H and O–H groups in total. The Labute approximate surface area is 107 Å². The van der Waals surface area contributed by atoms with Gasteiger partial charge in [-0.05, 0) is 33.7 Å². The van der Waals surface area contributed by atoms with E-state index in [1.165, 1.54) is 0 Å². The summed E-state index contributed by atoms with van der Waals surface area (Å²) in [6, 6.07) is 0.480. The van der Waals surface area contributed by atoms with E-state index in [4.69, 9.17) is 5.11 Å². The Kier molecular flexibility index (Phi) is 3.71. The number of carboxylic acid groups (broad SMARTS) is 1. The Balaban J connectivity index is 2.06. The van der Waals surface area contributed by atoms with E-state index in [9.17, 15) is 4.79 Å². The second kappa shape index (κ2) is 5.10. The number of hydrogen-bond donors (Lipinski definition) is 1. The van der Waals surface area contributed by atoms with Crippen molar-refractivity contribution < 1.29 is 9.90 Å². The van der Waals surface area contributed by atoms with Gasteiger partial charge in [0.05, 0.1) is 17.9 Å². The number of likely N-dealkylation sites (tertiary alicyclic amines) is 1. The summed E-state index contributed by atoms with van der Waals surface area (Å²) >= 11 is 0. The number of nitrogens with zero attached hydrogens (tertiary/aromatic N) is 3. The van der Waals surface area contributed by atoms with Crippen LogP contribution in [0.3, 0.4) is 0 Å². The van der Waals surface area contributed by atoms with Gasteiger partial charge in [0, 0.05) is 24.8 Å². The van der Waals surface area contributed by atoms with Crippen molar-refractivity contribution in [2.45, 2.75) is 45.8 Å². The summed E-state index contributed by atoms with van der Waals surface area (Å²) in [4.78, 5) is 17.5. The molecule has 0 aliphatic carbocycles. The largest absolute Gasteiger partial charge is 0.481 e. The van der Waals surface area contributed by atoms with Crippen molar-refractivity contribution in [3.05, 3.63) is 18.2 Å². The molecule has 1 fully saturated rings. The van der Waals surface area contributed by atoms with Crippen LogP contribution in [0.1, 0.15) is 38.9 Å². The van der Waals surface area contributed by atoms with Crippen molar-refractivity contribution in [3.63, 3.8) is 0 Å². The molecule has 0 bridgehead atoms. The molecule has 2 rings (SSSR count). The molecular weight excluding hydrogens is 230 g/mol. The molecule has 0 aromatic carbocycles. The Bertz CT molecular complexity index is 428. The minimum absolute atomic E-state index is 0.0954. The normalized spacial score (nSPS) is 24.9. The number of aliphatic carboxylic acids is 1. The highest BCUT2D eigenvalue weighted by Crippen LogP contribution is 2.26. The van der Waals surface area contributed by atoms with Gasteiger partial charge in [0.25, 0.3) is 0 Å². The van der Waals surface area contributed by atoms with Crippen molar-refractivity contribution in [1.29, 1.82) is 0 Å². The molecular formula is C13H21N3O2. The SMILES string of the molecule is CC1C(C(=O)O)CCN1Cc1cncn1C(C)C. The predicted octanol–water partition coefficient (Wildman–Crippen LogP) is 1.76. The first-order valence-electron chi connectivity index (χ1n) is 6.48. The van der Waals surface area contributed by atoms with E-state index in [-0.39, 0.29) is 12.0 Å². The lowest BCUT2D eigenvalue weighted by molar-refractivity contribution is -0.142. The molecule has 100 valence electrons. The molecule has 0 spiro atoms. The molecule has 2 unspecified atom stereocenters. The van der Waals surface area contributed by atoms with Crippen molar-refractivity contribution in [2.24, 2.45) is 5.92 Å². The van der Waals surface area contributed by atoms with Crippen LogP contribution in [-0.2, 0) is 11.3 Å². The average Bonchev–Trinajstić information content (AvgIpc) is 2.87. The molecule has 0 radical (unpaired) electrons. The predicted molar refractivity (Wildman–Crippen MR) is 68.2 cm³/mol. The highest BCUT2D eigenvalue weighted by atomic mass is 16.4. The third-order valence-corrected chi connectivity index (χ3v) is 3.87. The number of rotatable bonds is 4. The van der Waals surface area contributed by atoms with Crippen LogP contribution >= 0.6 is 0 Å². The zero-order valence-electron chi connectivity index (χ0n) is 11.2. The van der Waals surface area contributed by atoms with E-state index in [0.29, 0.717) is 6.04 Å². The van der Waals surface area contributed by atoms with Crippen LogP contribution in [0.5, 0.6) is 0 Å².